The predicted octanol–water partition coefficient (Wildman–Crippen LogP) is 20.0. The van der Waals surface area contributed by atoms with Gasteiger partial charge in [-0.05, 0) is 219 Å². The Morgan fingerprint density at radius 3 is 0.758 bits per heavy atom. The maximum absolute atomic E-state index is 10.9. The largest absolute Gasteiger partial charge is 0.508 e. The van der Waals surface area contributed by atoms with Crippen molar-refractivity contribution >= 4 is 76.2 Å². The van der Waals surface area contributed by atoms with Gasteiger partial charge in [0.15, 0.2) is 0 Å². The number of carbonyl (C=O) groups is 8. The molecule has 32 heteroatoms. The van der Waals surface area contributed by atoms with Crippen LogP contribution in [0.5, 0.6) is 46.0 Å². The number of rotatable bonds is 21. The molecule has 0 heterocycles. The second kappa shape index (κ2) is 53.2. The zero-order valence-corrected chi connectivity index (χ0v) is 83.1. The molecule has 0 aromatic heterocycles. The fraction of sp³-hybridized carbons (Fsp3) is 0.440. The van der Waals surface area contributed by atoms with Crippen molar-refractivity contribution in [3.63, 3.8) is 0 Å². The van der Waals surface area contributed by atoms with Gasteiger partial charge >= 0.3 is 47.8 Å². The molecule has 8 rings (SSSR count). The standard InChI is InChI=1S/C17H27NO3.2C16H25NO3.C13H19NO3.C11H15NO3.C10H13NO3.C9H11NO3.C8H9NO3/c1-11(19)21-18-10-12-8-13(16(2,3)4)15(20)14(9-12)17(5,6)7;2*1-10(18)20-17-11-8-12(15(2,3)4)14(19)13(9-11)16(5,6)7;1-5-10-6-11(14-17-9(4)15)7-12(8(2)3)13(10)16;1-7-4-10(5-8(2)11(7)14)6-12-15-9(3)13;1-6-4-9(11-14-8(3)12)5-7(2)10(6)13;1-7(11)13-10-6-8-2-4-9(12)5-3-8;1-6(10)12-9-7-2-4-8(11)5-3-7/h8-9,18,20H,10H2,1-7H3;2*8-9,17,19H,1-7H3;6-8,14,16H,5H2,1-4H3;4-5,12,14H,6H2,1-3H3;4-5,11,13H,1-3H3;2-5,10,12H,6H2,1H3;2-5,9,11H,1H3. The Kier molecular flexibility index (Phi) is 47.1. The van der Waals surface area contributed by atoms with Gasteiger partial charge in [0.1, 0.15) is 46.0 Å². The molecule has 0 saturated heterocycles. The van der Waals surface area contributed by atoms with Crippen molar-refractivity contribution in [2.75, 3.05) is 27.4 Å². The van der Waals surface area contributed by atoms with Crippen LogP contribution in [0.25, 0.3) is 0 Å². The molecular weight excluding hydrogens is 1700 g/mol. The summed E-state index contributed by atoms with van der Waals surface area (Å²) in [7, 11) is 0. The van der Waals surface area contributed by atoms with E-state index in [1.54, 1.807) is 74.5 Å². The van der Waals surface area contributed by atoms with Gasteiger partial charge in [0.2, 0.25) is 0 Å². The molecule has 0 bridgehead atoms. The van der Waals surface area contributed by atoms with E-state index < -0.39 is 29.8 Å². The number of hydroxylamine groups is 3. The Bertz CT molecular complexity index is 4880. The molecule has 132 heavy (non-hydrogen) atoms. The van der Waals surface area contributed by atoms with Crippen LogP contribution in [0.3, 0.4) is 0 Å². The quantitative estimate of drug-likeness (QED) is 0.0180. The molecule has 0 amide bonds. The molecule has 0 saturated carbocycles. The molecule has 0 unspecified atom stereocenters. The summed E-state index contributed by atoms with van der Waals surface area (Å²) in [6.07, 6.45) is 0.723. The first kappa shape index (κ1) is 117. The van der Waals surface area contributed by atoms with Crippen LogP contribution in [0.15, 0.2) is 121 Å². The number of aromatic hydroxyl groups is 8. The maximum Gasteiger partial charge on any atom is 0.329 e. The Morgan fingerprint density at radius 1 is 0.273 bits per heavy atom. The van der Waals surface area contributed by atoms with Gasteiger partial charge in [0, 0.05) is 77.6 Å². The second-order valence-corrected chi connectivity index (χ2v) is 37.4. The van der Waals surface area contributed by atoms with Gasteiger partial charge in [-0.2, -0.15) is 0 Å². The lowest BCUT2D eigenvalue weighted by molar-refractivity contribution is -0.149. The number of carbonyl (C=O) groups excluding carboxylic acids is 8. The summed E-state index contributed by atoms with van der Waals surface area (Å²) in [5.41, 5.74) is 35.2. The summed E-state index contributed by atoms with van der Waals surface area (Å²) < 4.78 is 0. The van der Waals surface area contributed by atoms with Gasteiger partial charge in [0.05, 0.1) is 48.1 Å². The highest BCUT2D eigenvalue weighted by atomic mass is 16.7. The Balaban J connectivity index is 0.000000759. The van der Waals surface area contributed by atoms with E-state index in [-0.39, 0.29) is 73.6 Å². The first-order valence-corrected chi connectivity index (χ1v) is 42.6. The normalized spacial score (nSPS) is 10.9. The summed E-state index contributed by atoms with van der Waals surface area (Å²) >= 11 is 0. The van der Waals surface area contributed by atoms with E-state index in [0.717, 1.165) is 89.9 Å². The minimum atomic E-state index is -0.414. The number of nitrogens with one attached hydrogen (secondary N) is 8. The van der Waals surface area contributed by atoms with Crippen LogP contribution in [0, 0.1) is 27.7 Å². The van der Waals surface area contributed by atoms with Crippen LogP contribution in [0.1, 0.15) is 290 Å². The lowest BCUT2D eigenvalue weighted by Crippen LogP contribution is -2.21. The fourth-order valence-electron chi connectivity index (χ4n) is 11.7. The molecule has 8 aromatic carbocycles. The first-order chi connectivity index (χ1) is 60.6. The van der Waals surface area contributed by atoms with Crippen molar-refractivity contribution in [1.29, 1.82) is 0 Å². The third kappa shape index (κ3) is 44.4. The van der Waals surface area contributed by atoms with Crippen molar-refractivity contribution in [1.82, 2.24) is 16.4 Å². The summed E-state index contributed by atoms with van der Waals surface area (Å²) in [6.45, 7) is 61.9. The molecule has 32 nitrogen and oxygen atoms in total. The minimum absolute atomic E-state index is 0.165. The van der Waals surface area contributed by atoms with Crippen molar-refractivity contribution in [3.8, 4) is 46.0 Å². The van der Waals surface area contributed by atoms with Crippen LogP contribution >= 0.6 is 0 Å². The zero-order chi connectivity index (χ0) is 102. The monoisotopic (exact) mass is 1840 g/mol. The van der Waals surface area contributed by atoms with Crippen LogP contribution < -0.4 is 43.8 Å². The van der Waals surface area contributed by atoms with Crippen LogP contribution in [0.2, 0.25) is 0 Å². The smallest absolute Gasteiger partial charge is 0.329 e. The van der Waals surface area contributed by atoms with Crippen LogP contribution in [-0.4, -0.2) is 88.6 Å². The van der Waals surface area contributed by atoms with E-state index in [1.165, 1.54) is 67.5 Å². The van der Waals surface area contributed by atoms with Gasteiger partial charge < -0.3 is 79.6 Å². The number of phenolic OH excluding ortho intramolecular Hbond substituents is 8. The van der Waals surface area contributed by atoms with Crippen LogP contribution in [-0.2, 0) is 136 Å². The van der Waals surface area contributed by atoms with E-state index in [0.29, 0.717) is 76.8 Å². The van der Waals surface area contributed by atoms with Gasteiger partial charge in [-0.1, -0.05) is 182 Å². The second-order valence-electron chi connectivity index (χ2n) is 37.4. The van der Waals surface area contributed by atoms with Crippen molar-refractivity contribution < 1.29 is 118 Å². The summed E-state index contributed by atoms with van der Waals surface area (Å²) in [5.74, 6) is -0.705. The van der Waals surface area contributed by atoms with E-state index in [9.17, 15) is 69.0 Å². The Labute approximate surface area is 777 Å². The number of benzene rings is 8. The Morgan fingerprint density at radius 2 is 0.500 bits per heavy atom. The van der Waals surface area contributed by atoms with E-state index in [4.69, 9.17) is 29.6 Å². The summed E-state index contributed by atoms with van der Waals surface area (Å²) in [4.78, 5) is 123. The first-order valence-electron chi connectivity index (χ1n) is 42.6. The summed E-state index contributed by atoms with van der Waals surface area (Å²) in [6, 6.07) is 34.6. The Hall–Kier alpha value is -13.2. The van der Waals surface area contributed by atoms with E-state index >= 15 is 0 Å². The van der Waals surface area contributed by atoms with E-state index in [1.807, 2.05) is 166 Å². The molecule has 0 fully saturated rings. The highest BCUT2D eigenvalue weighted by Gasteiger charge is 2.30. The lowest BCUT2D eigenvalue weighted by atomic mass is 9.78. The molecule has 0 aliphatic heterocycles. The zero-order valence-electron chi connectivity index (χ0n) is 83.1. The molecule has 0 aliphatic rings. The molecule has 0 aliphatic carbocycles. The van der Waals surface area contributed by atoms with Crippen molar-refractivity contribution in [2.24, 2.45) is 0 Å². The lowest BCUT2D eigenvalue weighted by Gasteiger charge is -2.28. The summed E-state index contributed by atoms with van der Waals surface area (Å²) in [5, 5.41) is 78.5. The van der Waals surface area contributed by atoms with Crippen molar-refractivity contribution in [2.45, 2.75) is 293 Å². The number of anilines is 5. The highest BCUT2D eigenvalue weighted by Crippen LogP contribution is 2.44. The highest BCUT2D eigenvalue weighted by molar-refractivity contribution is 5.71. The number of hydrogen-bond donors (Lipinski definition) is 16. The molecule has 16 N–H and O–H groups in total. The molecule has 0 radical (unpaired) electrons. The number of hydrogen-bond acceptors (Lipinski definition) is 32. The average Bonchev–Trinajstić information content (AvgIpc) is 0.789. The van der Waals surface area contributed by atoms with Gasteiger partial charge in [-0.25, -0.2) is 27.4 Å². The third-order valence-corrected chi connectivity index (χ3v) is 18.3. The maximum atomic E-state index is 10.9. The molecule has 0 atom stereocenters. The SMILES string of the molecule is CC(=O)ONCc1cc(C(C)(C)C)c(O)c(C(C)(C)C)c1.CC(=O)ONCc1cc(C)c(O)c(C)c1.CC(=O)ONCc1ccc(O)cc1.CC(=O)ONc1cc(C(C)(C)C)c(O)c(C(C)(C)C)c1.CC(=O)ONc1cc(C(C)(C)C)c(O)c(C(C)(C)C)c1.CC(=O)ONc1cc(C)c(O)c(C)c1.CC(=O)ONc1ccc(O)cc1.CCc1cc(NOC(C)=O)cc(C(C)C)c1O. The fourth-order valence-corrected chi connectivity index (χ4v) is 11.7. The van der Waals surface area contributed by atoms with Crippen LogP contribution in [0.4, 0.5) is 28.4 Å². The average molecular weight is 1840 g/mol. The number of aryl methyl sites for hydroxylation is 5. The molecule has 728 valence electrons. The molecular formula is C100H144N8O24. The van der Waals surface area contributed by atoms with Crippen molar-refractivity contribution in [3.05, 3.63) is 205 Å². The minimum Gasteiger partial charge on any atom is -0.508 e. The number of phenols is 8. The predicted molar refractivity (Wildman–Crippen MR) is 512 cm³/mol. The van der Waals surface area contributed by atoms with Gasteiger partial charge in [-0.3, -0.25) is 38.4 Å². The molecule has 8 aromatic rings. The van der Waals surface area contributed by atoms with Gasteiger partial charge in [-0.15, -0.1) is 16.4 Å². The van der Waals surface area contributed by atoms with Gasteiger partial charge in [0.25, 0.3) is 0 Å². The molecule has 0 spiro atoms. The van der Waals surface area contributed by atoms with E-state index in [2.05, 4.69) is 105 Å². The topological polar surface area (TPSA) is 468 Å². The third-order valence-electron chi connectivity index (χ3n) is 18.3.